The molecule has 17 heavy (non-hydrogen) atoms. The van der Waals surface area contributed by atoms with Gasteiger partial charge in [0.05, 0.1) is 6.10 Å². The lowest BCUT2D eigenvalue weighted by Gasteiger charge is -2.27. The van der Waals surface area contributed by atoms with Gasteiger partial charge < -0.3 is 9.84 Å². The van der Waals surface area contributed by atoms with E-state index in [1.54, 1.807) is 7.05 Å². The summed E-state index contributed by atoms with van der Waals surface area (Å²) in [5, 5.41) is 8.72. The van der Waals surface area contributed by atoms with Crippen LogP contribution in [-0.2, 0) is 14.9 Å². The zero-order valence-electron chi connectivity index (χ0n) is 10.5. The van der Waals surface area contributed by atoms with Gasteiger partial charge in [0.15, 0.2) is 0 Å². The van der Waals surface area contributed by atoms with Crippen molar-refractivity contribution in [2.45, 2.75) is 25.9 Å². The number of hydrogen-bond donors (Lipinski definition) is 1. The maximum atomic E-state index is 12.2. The van der Waals surface area contributed by atoms with Gasteiger partial charge in [-0.05, 0) is 19.8 Å². The molecule has 1 heterocycles. The van der Waals surface area contributed by atoms with Gasteiger partial charge in [0.1, 0.15) is 0 Å². The van der Waals surface area contributed by atoms with Crippen LogP contribution in [0.1, 0.15) is 19.8 Å². The molecule has 0 spiro atoms. The smallest absolute Gasteiger partial charge is 0.281 e. The molecule has 0 aromatic carbocycles. The van der Waals surface area contributed by atoms with E-state index in [1.807, 2.05) is 6.92 Å². The number of aliphatic hydroxyl groups is 1. The van der Waals surface area contributed by atoms with E-state index in [9.17, 15) is 8.42 Å². The van der Waals surface area contributed by atoms with Crippen LogP contribution in [0.4, 0.5) is 0 Å². The largest absolute Gasteiger partial charge is 0.396 e. The van der Waals surface area contributed by atoms with Crippen molar-refractivity contribution in [1.29, 1.82) is 0 Å². The number of rotatable bonds is 5. The van der Waals surface area contributed by atoms with Crippen molar-refractivity contribution in [2.24, 2.45) is 0 Å². The molecule has 1 aliphatic rings. The summed E-state index contributed by atoms with van der Waals surface area (Å²) in [5.41, 5.74) is 0. The van der Waals surface area contributed by atoms with Gasteiger partial charge in [-0.15, -0.1) is 0 Å². The zero-order valence-corrected chi connectivity index (χ0v) is 11.3. The summed E-state index contributed by atoms with van der Waals surface area (Å²) >= 11 is 0. The van der Waals surface area contributed by atoms with Crippen molar-refractivity contribution in [3.05, 3.63) is 0 Å². The van der Waals surface area contributed by atoms with Crippen LogP contribution in [0.25, 0.3) is 0 Å². The molecule has 0 saturated carbocycles. The van der Waals surface area contributed by atoms with E-state index in [4.69, 9.17) is 9.84 Å². The standard InChI is InChI=1S/C10H22N2O4S/c1-10-9-12(6-4-8-16-10)17(14,15)11(2)5-3-7-13/h10,13H,3-9H2,1-2H3. The highest BCUT2D eigenvalue weighted by molar-refractivity contribution is 7.86. The van der Waals surface area contributed by atoms with Gasteiger partial charge in [0.25, 0.3) is 10.2 Å². The quantitative estimate of drug-likeness (QED) is 0.739. The summed E-state index contributed by atoms with van der Waals surface area (Å²) in [6, 6.07) is 0. The Hall–Kier alpha value is -0.210. The SMILES string of the molecule is CC1CN(S(=O)(=O)N(C)CCCO)CCCO1. The summed E-state index contributed by atoms with van der Waals surface area (Å²) < 4.78 is 32.6. The number of hydrogen-bond acceptors (Lipinski definition) is 4. The van der Waals surface area contributed by atoms with Gasteiger partial charge in [-0.25, -0.2) is 0 Å². The summed E-state index contributed by atoms with van der Waals surface area (Å²) in [6.07, 6.45) is 1.10. The van der Waals surface area contributed by atoms with Gasteiger partial charge in [0, 0.05) is 39.9 Å². The van der Waals surface area contributed by atoms with Gasteiger partial charge in [0.2, 0.25) is 0 Å². The van der Waals surface area contributed by atoms with Crippen LogP contribution in [0.2, 0.25) is 0 Å². The molecule has 1 saturated heterocycles. The van der Waals surface area contributed by atoms with Gasteiger partial charge in [-0.1, -0.05) is 0 Å². The molecule has 1 atom stereocenters. The lowest BCUT2D eigenvalue weighted by Crippen LogP contribution is -2.44. The number of ether oxygens (including phenoxy) is 1. The molecule has 1 N–H and O–H groups in total. The number of nitrogens with zero attached hydrogens (tertiary/aromatic N) is 2. The maximum absolute atomic E-state index is 12.2. The van der Waals surface area contributed by atoms with E-state index >= 15 is 0 Å². The summed E-state index contributed by atoms with van der Waals surface area (Å²) in [7, 11) is -1.87. The van der Waals surface area contributed by atoms with E-state index in [0.717, 1.165) is 6.42 Å². The van der Waals surface area contributed by atoms with E-state index in [1.165, 1.54) is 8.61 Å². The van der Waals surface area contributed by atoms with E-state index < -0.39 is 10.2 Å². The highest BCUT2D eigenvalue weighted by Gasteiger charge is 2.29. The first-order chi connectivity index (χ1) is 7.98. The van der Waals surface area contributed by atoms with Crippen molar-refractivity contribution in [3.8, 4) is 0 Å². The van der Waals surface area contributed by atoms with Gasteiger partial charge in [-0.2, -0.15) is 17.0 Å². The zero-order chi connectivity index (χ0) is 12.9. The van der Waals surface area contributed by atoms with E-state index in [-0.39, 0.29) is 12.7 Å². The fourth-order valence-electron chi connectivity index (χ4n) is 1.77. The third-order valence-electron chi connectivity index (χ3n) is 2.77. The molecular weight excluding hydrogens is 244 g/mol. The van der Waals surface area contributed by atoms with Crippen LogP contribution in [0.3, 0.4) is 0 Å². The predicted octanol–water partition coefficient (Wildman–Crippen LogP) is -0.344. The molecule has 0 bridgehead atoms. The van der Waals surface area contributed by atoms with Gasteiger partial charge >= 0.3 is 0 Å². The second-order valence-corrected chi connectivity index (χ2v) is 6.33. The van der Waals surface area contributed by atoms with Crippen LogP contribution in [0.15, 0.2) is 0 Å². The molecule has 0 aromatic heterocycles. The highest BCUT2D eigenvalue weighted by atomic mass is 32.2. The average molecular weight is 266 g/mol. The summed E-state index contributed by atoms with van der Waals surface area (Å²) in [5.74, 6) is 0. The van der Waals surface area contributed by atoms with Crippen molar-refractivity contribution in [3.63, 3.8) is 0 Å². The minimum absolute atomic E-state index is 0.000621. The summed E-state index contributed by atoms with van der Waals surface area (Å²) in [6.45, 7) is 3.71. The molecule has 0 radical (unpaired) electrons. The van der Waals surface area contributed by atoms with Gasteiger partial charge in [-0.3, -0.25) is 0 Å². The average Bonchev–Trinajstić information content (AvgIpc) is 2.50. The Morgan fingerprint density at radius 2 is 2.24 bits per heavy atom. The fraction of sp³-hybridized carbons (Fsp3) is 1.00. The Labute approximate surface area is 103 Å². The molecule has 102 valence electrons. The molecule has 7 heteroatoms. The first-order valence-electron chi connectivity index (χ1n) is 5.92. The minimum atomic E-state index is -3.41. The second kappa shape index (κ2) is 6.65. The summed E-state index contributed by atoms with van der Waals surface area (Å²) in [4.78, 5) is 0. The second-order valence-electron chi connectivity index (χ2n) is 4.30. The molecular formula is C10H22N2O4S. The maximum Gasteiger partial charge on any atom is 0.281 e. The third-order valence-corrected chi connectivity index (χ3v) is 4.72. The Morgan fingerprint density at radius 3 is 2.88 bits per heavy atom. The van der Waals surface area contributed by atoms with Crippen molar-refractivity contribution in [1.82, 2.24) is 8.61 Å². The molecule has 0 aliphatic carbocycles. The van der Waals surface area contributed by atoms with Crippen LogP contribution in [0.5, 0.6) is 0 Å². The Bertz CT molecular complexity index is 320. The van der Waals surface area contributed by atoms with Crippen LogP contribution >= 0.6 is 0 Å². The molecule has 1 rings (SSSR count). The third kappa shape index (κ3) is 4.18. The lowest BCUT2D eigenvalue weighted by molar-refractivity contribution is 0.0747. The van der Waals surface area contributed by atoms with Crippen molar-refractivity contribution >= 4 is 10.2 Å². The molecule has 1 fully saturated rings. The molecule has 0 amide bonds. The lowest BCUT2D eigenvalue weighted by atomic mass is 10.4. The van der Waals surface area contributed by atoms with Crippen molar-refractivity contribution < 1.29 is 18.3 Å². The highest BCUT2D eigenvalue weighted by Crippen LogP contribution is 2.13. The Morgan fingerprint density at radius 1 is 1.53 bits per heavy atom. The fourth-order valence-corrected chi connectivity index (χ4v) is 3.28. The molecule has 1 aliphatic heterocycles. The van der Waals surface area contributed by atoms with E-state index in [0.29, 0.717) is 32.7 Å². The monoisotopic (exact) mass is 266 g/mol. The van der Waals surface area contributed by atoms with E-state index in [2.05, 4.69) is 0 Å². The first kappa shape index (κ1) is 14.8. The van der Waals surface area contributed by atoms with Crippen LogP contribution in [0, 0.1) is 0 Å². The molecule has 6 nitrogen and oxygen atoms in total. The normalized spacial score (nSPS) is 23.9. The Balaban J connectivity index is 2.67. The van der Waals surface area contributed by atoms with Crippen LogP contribution in [-0.4, -0.2) is 68.1 Å². The topological polar surface area (TPSA) is 70.1 Å². The molecule has 0 aromatic rings. The Kier molecular flexibility index (Phi) is 5.81. The van der Waals surface area contributed by atoms with Crippen LogP contribution < -0.4 is 0 Å². The minimum Gasteiger partial charge on any atom is -0.396 e. The predicted molar refractivity (Wildman–Crippen MR) is 64.9 cm³/mol. The molecule has 1 unspecified atom stereocenters. The first-order valence-corrected chi connectivity index (χ1v) is 7.32. The number of aliphatic hydroxyl groups excluding tert-OH is 1. The van der Waals surface area contributed by atoms with Crippen molar-refractivity contribution in [2.75, 3.05) is 39.9 Å².